The Hall–Kier alpha value is -1.29. The maximum Gasteiger partial charge on any atom is 0.195 e. The standard InChI is InChI=1S/C13H17N3S/c1-9(2)17-13-15-14-8-16(13)12-6-5-10(3)7-11(12)4/h5-9H,1-4H3. The van der Waals surface area contributed by atoms with E-state index in [4.69, 9.17) is 0 Å². The van der Waals surface area contributed by atoms with Crippen molar-refractivity contribution in [2.75, 3.05) is 0 Å². The lowest BCUT2D eigenvalue weighted by Crippen LogP contribution is -2.00. The largest absolute Gasteiger partial charge is 0.276 e. The first-order chi connectivity index (χ1) is 8.08. The molecule has 1 aromatic carbocycles. The van der Waals surface area contributed by atoms with Gasteiger partial charge in [-0.15, -0.1) is 10.2 Å². The van der Waals surface area contributed by atoms with Gasteiger partial charge in [-0.25, -0.2) is 0 Å². The second kappa shape index (κ2) is 4.92. The first-order valence-corrected chi connectivity index (χ1v) is 6.60. The molecule has 2 rings (SSSR count). The number of aromatic nitrogens is 3. The van der Waals surface area contributed by atoms with Gasteiger partial charge in [0.05, 0.1) is 5.69 Å². The maximum atomic E-state index is 4.17. The van der Waals surface area contributed by atoms with E-state index in [1.807, 2.05) is 0 Å². The average Bonchev–Trinajstić information content (AvgIpc) is 2.65. The van der Waals surface area contributed by atoms with Gasteiger partial charge in [-0.3, -0.25) is 4.57 Å². The zero-order valence-electron chi connectivity index (χ0n) is 10.6. The van der Waals surface area contributed by atoms with Crippen LogP contribution >= 0.6 is 11.8 Å². The smallest absolute Gasteiger partial charge is 0.195 e. The molecule has 0 unspecified atom stereocenters. The highest BCUT2D eigenvalue weighted by atomic mass is 32.2. The van der Waals surface area contributed by atoms with E-state index >= 15 is 0 Å². The van der Waals surface area contributed by atoms with E-state index in [9.17, 15) is 0 Å². The van der Waals surface area contributed by atoms with Gasteiger partial charge in [-0.1, -0.05) is 43.3 Å². The molecular formula is C13H17N3S. The topological polar surface area (TPSA) is 30.7 Å². The Kier molecular flexibility index (Phi) is 3.52. The van der Waals surface area contributed by atoms with Crippen LogP contribution in [0.2, 0.25) is 0 Å². The van der Waals surface area contributed by atoms with Crippen molar-refractivity contribution in [3.63, 3.8) is 0 Å². The van der Waals surface area contributed by atoms with Crippen molar-refractivity contribution in [2.45, 2.75) is 38.1 Å². The SMILES string of the molecule is Cc1ccc(-n2cnnc2SC(C)C)c(C)c1. The summed E-state index contributed by atoms with van der Waals surface area (Å²) in [5.41, 5.74) is 3.68. The Bertz CT molecular complexity index is 517. The van der Waals surface area contributed by atoms with Gasteiger partial charge in [-0.2, -0.15) is 0 Å². The van der Waals surface area contributed by atoms with Gasteiger partial charge in [-0.05, 0) is 25.5 Å². The first-order valence-electron chi connectivity index (χ1n) is 5.72. The molecule has 90 valence electrons. The van der Waals surface area contributed by atoms with Crippen LogP contribution in [0, 0.1) is 13.8 Å². The molecule has 0 saturated heterocycles. The van der Waals surface area contributed by atoms with Crippen LogP contribution in [-0.2, 0) is 0 Å². The van der Waals surface area contributed by atoms with Crippen molar-refractivity contribution in [1.82, 2.24) is 14.8 Å². The van der Waals surface area contributed by atoms with Gasteiger partial charge in [0.1, 0.15) is 6.33 Å². The Morgan fingerprint density at radius 2 is 2.00 bits per heavy atom. The van der Waals surface area contributed by atoms with E-state index in [2.05, 4.69) is 60.7 Å². The molecule has 0 N–H and O–H groups in total. The van der Waals surface area contributed by atoms with E-state index in [0.29, 0.717) is 5.25 Å². The van der Waals surface area contributed by atoms with Gasteiger partial charge in [0.2, 0.25) is 0 Å². The van der Waals surface area contributed by atoms with Crippen molar-refractivity contribution in [2.24, 2.45) is 0 Å². The highest BCUT2D eigenvalue weighted by Gasteiger charge is 2.10. The van der Waals surface area contributed by atoms with E-state index in [1.165, 1.54) is 11.1 Å². The van der Waals surface area contributed by atoms with E-state index in [1.54, 1.807) is 18.1 Å². The van der Waals surface area contributed by atoms with Crippen LogP contribution in [-0.4, -0.2) is 20.0 Å². The third-order valence-electron chi connectivity index (χ3n) is 2.47. The zero-order chi connectivity index (χ0) is 12.4. The fourth-order valence-corrected chi connectivity index (χ4v) is 2.53. The maximum absolute atomic E-state index is 4.17. The van der Waals surface area contributed by atoms with Crippen LogP contribution < -0.4 is 0 Å². The summed E-state index contributed by atoms with van der Waals surface area (Å²) >= 11 is 1.73. The van der Waals surface area contributed by atoms with Crippen LogP contribution in [0.3, 0.4) is 0 Å². The fourth-order valence-electron chi connectivity index (χ4n) is 1.76. The van der Waals surface area contributed by atoms with Crippen molar-refractivity contribution in [3.8, 4) is 5.69 Å². The Labute approximate surface area is 106 Å². The molecule has 0 amide bonds. The molecular weight excluding hydrogens is 230 g/mol. The molecule has 2 aromatic rings. The molecule has 0 radical (unpaired) electrons. The number of nitrogens with zero attached hydrogens (tertiary/aromatic N) is 3. The summed E-state index contributed by atoms with van der Waals surface area (Å²) in [6.45, 7) is 8.54. The molecule has 4 heteroatoms. The number of aryl methyl sites for hydroxylation is 2. The van der Waals surface area contributed by atoms with E-state index in [0.717, 1.165) is 10.8 Å². The minimum absolute atomic E-state index is 0.503. The lowest BCUT2D eigenvalue weighted by atomic mass is 10.1. The third-order valence-corrected chi connectivity index (χ3v) is 3.43. The summed E-state index contributed by atoms with van der Waals surface area (Å²) in [7, 11) is 0. The third kappa shape index (κ3) is 2.69. The quantitative estimate of drug-likeness (QED) is 0.779. The predicted molar refractivity (Wildman–Crippen MR) is 71.8 cm³/mol. The lowest BCUT2D eigenvalue weighted by Gasteiger charge is -2.11. The van der Waals surface area contributed by atoms with E-state index < -0.39 is 0 Å². The average molecular weight is 247 g/mol. The monoisotopic (exact) mass is 247 g/mol. The Balaban J connectivity index is 2.42. The zero-order valence-corrected chi connectivity index (χ0v) is 11.5. The van der Waals surface area contributed by atoms with Crippen LogP contribution in [0.15, 0.2) is 29.7 Å². The Morgan fingerprint density at radius 3 is 2.65 bits per heavy atom. The number of rotatable bonds is 3. The molecule has 1 aromatic heterocycles. The molecule has 0 aliphatic carbocycles. The van der Waals surface area contributed by atoms with Crippen LogP contribution in [0.5, 0.6) is 0 Å². The molecule has 0 fully saturated rings. The second-order valence-electron chi connectivity index (χ2n) is 4.44. The molecule has 0 aliphatic heterocycles. The van der Waals surface area contributed by atoms with Gasteiger partial charge < -0.3 is 0 Å². The highest BCUT2D eigenvalue weighted by Crippen LogP contribution is 2.25. The van der Waals surface area contributed by atoms with Crippen molar-refractivity contribution >= 4 is 11.8 Å². The molecule has 17 heavy (non-hydrogen) atoms. The van der Waals surface area contributed by atoms with Gasteiger partial charge >= 0.3 is 0 Å². The molecule has 0 atom stereocenters. The summed E-state index contributed by atoms with van der Waals surface area (Å²) in [6, 6.07) is 6.42. The predicted octanol–water partition coefficient (Wildman–Crippen LogP) is 3.38. The minimum atomic E-state index is 0.503. The molecule has 0 spiro atoms. The lowest BCUT2D eigenvalue weighted by molar-refractivity contribution is 0.871. The summed E-state index contributed by atoms with van der Waals surface area (Å²) in [5, 5.41) is 9.63. The normalized spacial score (nSPS) is 11.1. The van der Waals surface area contributed by atoms with Crippen molar-refractivity contribution < 1.29 is 0 Å². The van der Waals surface area contributed by atoms with Gasteiger partial charge in [0.25, 0.3) is 0 Å². The number of thioether (sulfide) groups is 1. The van der Waals surface area contributed by atoms with Crippen molar-refractivity contribution in [3.05, 3.63) is 35.7 Å². The molecule has 0 saturated carbocycles. The summed E-state index contributed by atoms with van der Waals surface area (Å²) in [6.07, 6.45) is 1.78. The minimum Gasteiger partial charge on any atom is -0.276 e. The summed E-state index contributed by atoms with van der Waals surface area (Å²) < 4.78 is 2.06. The molecule has 3 nitrogen and oxygen atoms in total. The van der Waals surface area contributed by atoms with Crippen molar-refractivity contribution in [1.29, 1.82) is 0 Å². The number of hydrogen-bond donors (Lipinski definition) is 0. The first kappa shape index (κ1) is 12.2. The Morgan fingerprint density at radius 1 is 1.24 bits per heavy atom. The van der Waals surface area contributed by atoms with Crippen LogP contribution in [0.25, 0.3) is 5.69 Å². The highest BCUT2D eigenvalue weighted by molar-refractivity contribution is 7.99. The van der Waals surface area contributed by atoms with Gasteiger partial charge in [0, 0.05) is 5.25 Å². The summed E-state index contributed by atoms with van der Waals surface area (Å²) in [5.74, 6) is 0. The fraction of sp³-hybridized carbons (Fsp3) is 0.385. The molecule has 0 aliphatic rings. The number of hydrogen-bond acceptors (Lipinski definition) is 3. The summed E-state index contributed by atoms with van der Waals surface area (Å²) in [4.78, 5) is 0. The number of benzene rings is 1. The van der Waals surface area contributed by atoms with E-state index in [-0.39, 0.29) is 0 Å². The van der Waals surface area contributed by atoms with Crippen LogP contribution in [0.4, 0.5) is 0 Å². The van der Waals surface area contributed by atoms with Gasteiger partial charge in [0.15, 0.2) is 5.16 Å². The van der Waals surface area contributed by atoms with Crippen LogP contribution in [0.1, 0.15) is 25.0 Å². The molecule has 0 bridgehead atoms. The molecule has 1 heterocycles. The second-order valence-corrected chi connectivity index (χ2v) is 5.98.